The van der Waals surface area contributed by atoms with Crippen molar-refractivity contribution in [2.45, 2.75) is 26.4 Å². The summed E-state index contributed by atoms with van der Waals surface area (Å²) in [5, 5.41) is 12.7. The van der Waals surface area contributed by atoms with Crippen LogP contribution in [0.5, 0.6) is 0 Å². The van der Waals surface area contributed by atoms with E-state index in [1.807, 2.05) is 0 Å². The number of hydrogen-bond acceptors (Lipinski definition) is 10. The van der Waals surface area contributed by atoms with Gasteiger partial charge in [0.1, 0.15) is 11.2 Å². The number of aryl methyl sites for hydroxylation is 1. The van der Waals surface area contributed by atoms with Crippen molar-refractivity contribution in [3.8, 4) is 5.82 Å². The maximum Gasteiger partial charge on any atom is 0.278 e. The van der Waals surface area contributed by atoms with Crippen molar-refractivity contribution in [1.29, 1.82) is 0 Å². The van der Waals surface area contributed by atoms with Crippen molar-refractivity contribution in [3.05, 3.63) is 76.2 Å². The number of nitrogens with zero attached hydrogens (tertiary/aromatic N) is 7. The molecule has 1 aliphatic rings. The van der Waals surface area contributed by atoms with E-state index >= 15 is 0 Å². The van der Waals surface area contributed by atoms with E-state index in [2.05, 4.69) is 57.2 Å². The van der Waals surface area contributed by atoms with Crippen molar-refractivity contribution in [1.82, 2.24) is 29.2 Å². The number of anilines is 2. The van der Waals surface area contributed by atoms with E-state index in [9.17, 15) is 9.00 Å². The fourth-order valence-corrected chi connectivity index (χ4v) is 5.24. The molecule has 0 radical (unpaired) electrons. The van der Waals surface area contributed by atoms with Crippen LogP contribution in [-0.4, -0.2) is 60.3 Å². The Labute approximate surface area is 221 Å². The van der Waals surface area contributed by atoms with Crippen LogP contribution >= 0.6 is 0 Å². The van der Waals surface area contributed by atoms with Crippen molar-refractivity contribution in [2.24, 2.45) is 4.36 Å². The molecule has 1 aliphatic heterocycles. The molecule has 0 unspecified atom stereocenters. The number of aliphatic hydroxyl groups is 1. The molecule has 198 valence electrons. The smallest absolute Gasteiger partial charge is 0.278 e. The second-order valence-electron chi connectivity index (χ2n) is 9.16. The zero-order valence-corrected chi connectivity index (χ0v) is 22.1. The number of nitrogens with one attached hydrogen (secondary N) is 1. The Bertz CT molecular complexity index is 1670. The predicted octanol–water partition coefficient (Wildman–Crippen LogP) is 2.97. The van der Waals surface area contributed by atoms with Crippen molar-refractivity contribution in [2.75, 3.05) is 31.3 Å². The highest BCUT2D eigenvalue weighted by atomic mass is 32.2. The van der Waals surface area contributed by atoms with Crippen molar-refractivity contribution in [3.63, 3.8) is 0 Å². The van der Waals surface area contributed by atoms with Gasteiger partial charge >= 0.3 is 0 Å². The molecule has 2 N–H and O–H groups in total. The summed E-state index contributed by atoms with van der Waals surface area (Å²) in [6.07, 6.45) is 4.14. The summed E-state index contributed by atoms with van der Waals surface area (Å²) in [5.41, 5.74) is 4.84. The summed E-state index contributed by atoms with van der Waals surface area (Å²) >= 11 is 0. The van der Waals surface area contributed by atoms with Crippen LogP contribution in [0.25, 0.3) is 16.9 Å². The number of aliphatic hydroxyl groups excluding tert-OH is 1. The number of rotatable bonds is 8. The van der Waals surface area contributed by atoms with E-state index < -0.39 is 10.6 Å². The summed E-state index contributed by atoms with van der Waals surface area (Å²) in [4.78, 5) is 29.1. The minimum Gasteiger partial charge on any atom is -0.444 e. The normalized spacial score (nSPS) is 14.5. The molecule has 3 aromatic heterocycles. The second kappa shape index (κ2) is 10.9. The Hall–Kier alpha value is -3.87. The van der Waals surface area contributed by atoms with Gasteiger partial charge < -0.3 is 23.9 Å². The van der Waals surface area contributed by atoms with E-state index in [1.54, 1.807) is 29.0 Å². The first-order valence-electron chi connectivity index (χ1n) is 12.2. The molecule has 12 heteroatoms. The number of benzene rings is 1. The maximum absolute atomic E-state index is 13.2. The van der Waals surface area contributed by atoms with Gasteiger partial charge in [-0.2, -0.15) is 15.6 Å². The van der Waals surface area contributed by atoms with Gasteiger partial charge in [-0.15, -0.1) is 6.58 Å². The minimum absolute atomic E-state index is 0.0141. The van der Waals surface area contributed by atoms with Gasteiger partial charge in [-0.1, -0.05) is 17.9 Å². The first-order valence-corrected chi connectivity index (χ1v) is 13.5. The number of allylic oxidation sites excluding steroid dienone is 1. The lowest BCUT2D eigenvalue weighted by Gasteiger charge is -2.27. The number of fused-ring (bicyclic) bond motifs is 2. The predicted molar refractivity (Wildman–Crippen MR) is 148 cm³/mol. The van der Waals surface area contributed by atoms with Gasteiger partial charge in [-0.3, -0.25) is 4.79 Å². The molecule has 0 fully saturated rings. The topological polar surface area (TPSA) is 131 Å². The molecule has 38 heavy (non-hydrogen) atoms. The molecule has 0 amide bonds. The fourth-order valence-electron chi connectivity index (χ4n) is 4.68. The van der Waals surface area contributed by atoms with Gasteiger partial charge in [0.2, 0.25) is 5.95 Å². The second-order valence-corrected chi connectivity index (χ2v) is 10.4. The molecule has 4 aromatic rings. The van der Waals surface area contributed by atoms with Crippen LogP contribution in [0.3, 0.4) is 0 Å². The molecule has 0 saturated carbocycles. The van der Waals surface area contributed by atoms with Crippen molar-refractivity contribution < 1.29 is 9.32 Å². The number of pyridine rings is 1. The molecular weight excluding hydrogens is 504 g/mol. The number of aromatic nitrogens is 5. The Kier molecular flexibility index (Phi) is 7.36. The lowest BCUT2D eigenvalue weighted by molar-refractivity contribution is 0.312. The molecule has 11 nitrogen and oxygen atoms in total. The number of likely N-dealkylation sites (N-methyl/N-ethyl adjacent to an activating group) is 1. The van der Waals surface area contributed by atoms with Crippen LogP contribution in [0.2, 0.25) is 0 Å². The highest BCUT2D eigenvalue weighted by Gasteiger charge is 2.19. The zero-order chi connectivity index (χ0) is 26.8. The van der Waals surface area contributed by atoms with Gasteiger partial charge in [0.15, 0.2) is 11.5 Å². The lowest BCUT2D eigenvalue weighted by Crippen LogP contribution is -2.27. The van der Waals surface area contributed by atoms with E-state index in [0.29, 0.717) is 22.8 Å². The molecule has 5 rings (SSSR count). The monoisotopic (exact) mass is 533 g/mol. The zero-order valence-electron chi connectivity index (χ0n) is 21.3. The molecular formula is C26H29N8O3S-. The summed E-state index contributed by atoms with van der Waals surface area (Å²) in [7, 11) is 0.496. The first kappa shape index (κ1) is 25.8. The van der Waals surface area contributed by atoms with Gasteiger partial charge in [0, 0.05) is 31.6 Å². The Morgan fingerprint density at radius 2 is 2.13 bits per heavy atom. The van der Waals surface area contributed by atoms with Crippen LogP contribution < -0.4 is 10.9 Å². The van der Waals surface area contributed by atoms with Crippen LogP contribution in [-0.2, 0) is 34.3 Å². The molecule has 4 heterocycles. The third-order valence-electron chi connectivity index (χ3n) is 6.38. The highest BCUT2D eigenvalue weighted by molar-refractivity contribution is 7.74. The average Bonchev–Trinajstić information content (AvgIpc) is 3.15. The Balaban J connectivity index is 1.59. The highest BCUT2D eigenvalue weighted by Crippen LogP contribution is 2.27. The molecule has 0 aliphatic carbocycles. The SMILES string of the molecule is C=CCn1c(=O)c2cnc(Nc3cc(C)c4c(c3)CN(C)CC4)nc2n1-c1cccc(N=[S-](=O)CCO)n1. The average molecular weight is 534 g/mol. The van der Waals surface area contributed by atoms with Gasteiger partial charge in [0.05, 0.1) is 6.54 Å². The van der Waals surface area contributed by atoms with Crippen LogP contribution in [0.4, 0.5) is 17.5 Å². The molecule has 0 spiro atoms. The largest absolute Gasteiger partial charge is 0.444 e. The number of hydrogen-bond donors (Lipinski definition) is 2. The van der Waals surface area contributed by atoms with E-state index in [-0.39, 0.29) is 30.3 Å². The fraction of sp³-hybridized carbons (Fsp3) is 0.308. The quantitative estimate of drug-likeness (QED) is 0.261. The summed E-state index contributed by atoms with van der Waals surface area (Å²) < 4.78 is 19.1. The van der Waals surface area contributed by atoms with Crippen molar-refractivity contribution >= 4 is 39.1 Å². The molecule has 1 aromatic carbocycles. The molecule has 0 saturated heterocycles. The third-order valence-corrected chi connectivity index (χ3v) is 7.30. The van der Waals surface area contributed by atoms with Crippen LogP contribution in [0.1, 0.15) is 16.7 Å². The summed E-state index contributed by atoms with van der Waals surface area (Å²) in [6.45, 7) is 7.78. The first-order chi connectivity index (χ1) is 18.4. The standard InChI is InChI=1S/C26H29N8O3S/c1-4-9-33-25(36)21-15-27-26(28-19-13-17(2)20-8-10-32(3)16-18(20)14-19)30-24(21)34(33)23-7-5-6-22(29-23)31-38(37)12-11-35/h4-7,13-15,35H,1,8-12,16H2,2-3H3,(H,27,28,30)/q-1. The molecule has 0 bridgehead atoms. The van der Waals surface area contributed by atoms with E-state index in [0.717, 1.165) is 25.2 Å². The third kappa shape index (κ3) is 5.10. The summed E-state index contributed by atoms with van der Waals surface area (Å²) in [6, 6.07) is 9.25. The van der Waals surface area contributed by atoms with Crippen LogP contribution in [0, 0.1) is 6.92 Å². The van der Waals surface area contributed by atoms with E-state index in [1.165, 1.54) is 27.6 Å². The minimum atomic E-state index is -1.62. The van der Waals surface area contributed by atoms with Crippen LogP contribution in [0.15, 0.2) is 58.3 Å². The Morgan fingerprint density at radius 3 is 2.92 bits per heavy atom. The van der Waals surface area contributed by atoms with Gasteiger partial charge in [-0.05, 0) is 61.3 Å². The lowest BCUT2D eigenvalue weighted by atomic mass is 9.94. The summed E-state index contributed by atoms with van der Waals surface area (Å²) in [5.74, 6) is 0.949. The van der Waals surface area contributed by atoms with Gasteiger partial charge in [0.25, 0.3) is 5.56 Å². The molecule has 0 atom stereocenters. The van der Waals surface area contributed by atoms with E-state index in [4.69, 9.17) is 10.1 Å². The maximum atomic E-state index is 13.2. The van der Waals surface area contributed by atoms with Gasteiger partial charge in [-0.25, -0.2) is 19.3 Å². The Morgan fingerprint density at radius 1 is 1.29 bits per heavy atom.